The number of alkyl halides is 2. The average molecular weight is 365 g/mol. The van der Waals surface area contributed by atoms with Crippen molar-refractivity contribution in [3.05, 3.63) is 29.1 Å². The number of ketones is 3. The van der Waals surface area contributed by atoms with Gasteiger partial charge in [0, 0.05) is 30.9 Å². The molecule has 5 nitrogen and oxygen atoms in total. The minimum absolute atomic E-state index is 0.0134. The summed E-state index contributed by atoms with van der Waals surface area (Å²) in [5.74, 6) is -6.36. The first kappa shape index (κ1) is 18.8. The van der Waals surface area contributed by atoms with Crippen LogP contribution in [0.15, 0.2) is 12.1 Å². The number of Topliss-reactive ketones (excluding diaryl/α,β-unsaturated/α-hetero) is 3. The van der Waals surface area contributed by atoms with Gasteiger partial charge in [0.05, 0.1) is 12.3 Å². The number of ether oxygens (including phenoxy) is 1. The molecule has 0 saturated heterocycles. The number of hydrogen-bond acceptors (Lipinski definition) is 5. The molecule has 0 N–H and O–H groups in total. The Morgan fingerprint density at radius 3 is 2.38 bits per heavy atom. The summed E-state index contributed by atoms with van der Waals surface area (Å²) in [7, 11) is 0. The van der Waals surface area contributed by atoms with Gasteiger partial charge in [0.25, 0.3) is 5.92 Å². The zero-order valence-corrected chi connectivity index (χ0v) is 14.8. The Labute approximate surface area is 150 Å². The molecule has 1 aromatic rings. The Morgan fingerprint density at radius 1 is 1.23 bits per heavy atom. The standard InChI is InChI=1S/C19H21F2NO4/c1-3-26-9-13-12(6-7-14(22-13)19(2,20)21)18(25)15-16(23)10-4-5-11(8-10)17(15)24/h6-7,10-11,15H,3-5,8-9H2,1-2H3. The molecule has 7 heteroatoms. The Hall–Kier alpha value is -2.02. The van der Waals surface area contributed by atoms with E-state index in [1.54, 1.807) is 6.92 Å². The molecular weight excluding hydrogens is 344 g/mol. The van der Waals surface area contributed by atoms with Gasteiger partial charge in [-0.25, -0.2) is 4.98 Å². The van der Waals surface area contributed by atoms with E-state index < -0.39 is 23.3 Å². The Kier molecular flexibility index (Phi) is 5.01. The van der Waals surface area contributed by atoms with Crippen LogP contribution in [0, 0.1) is 17.8 Å². The van der Waals surface area contributed by atoms with E-state index in [0.29, 0.717) is 32.8 Å². The van der Waals surface area contributed by atoms with Crippen molar-refractivity contribution in [2.24, 2.45) is 17.8 Å². The third-order valence-corrected chi connectivity index (χ3v) is 5.20. The zero-order valence-electron chi connectivity index (χ0n) is 14.8. The maximum Gasteiger partial charge on any atom is 0.286 e. The molecule has 0 aromatic carbocycles. The van der Waals surface area contributed by atoms with Gasteiger partial charge in [-0.15, -0.1) is 0 Å². The van der Waals surface area contributed by atoms with Crippen LogP contribution < -0.4 is 0 Å². The van der Waals surface area contributed by atoms with Crippen LogP contribution in [0.5, 0.6) is 0 Å². The number of aromatic nitrogens is 1. The highest BCUT2D eigenvalue weighted by molar-refractivity contribution is 6.26. The maximum atomic E-state index is 13.6. The molecule has 2 saturated carbocycles. The molecule has 0 radical (unpaired) electrons. The van der Waals surface area contributed by atoms with Crippen LogP contribution in [0.3, 0.4) is 0 Å². The van der Waals surface area contributed by atoms with Crippen molar-refractivity contribution in [1.82, 2.24) is 4.98 Å². The monoisotopic (exact) mass is 365 g/mol. The van der Waals surface area contributed by atoms with Gasteiger partial charge >= 0.3 is 0 Å². The maximum absolute atomic E-state index is 13.6. The second-order valence-electron chi connectivity index (χ2n) is 7.03. The zero-order chi connectivity index (χ0) is 19.1. The van der Waals surface area contributed by atoms with E-state index in [0.717, 1.165) is 6.07 Å². The van der Waals surface area contributed by atoms with Crippen LogP contribution in [0.2, 0.25) is 0 Å². The van der Waals surface area contributed by atoms with Crippen molar-refractivity contribution in [1.29, 1.82) is 0 Å². The minimum Gasteiger partial charge on any atom is -0.375 e. The number of carbonyl (C=O) groups excluding carboxylic acids is 3. The molecule has 2 aliphatic carbocycles. The summed E-state index contributed by atoms with van der Waals surface area (Å²) in [4.78, 5) is 41.9. The molecule has 2 bridgehead atoms. The number of rotatable bonds is 6. The van der Waals surface area contributed by atoms with E-state index in [9.17, 15) is 23.2 Å². The van der Waals surface area contributed by atoms with Gasteiger partial charge in [0.2, 0.25) is 0 Å². The lowest BCUT2D eigenvalue weighted by atomic mass is 9.75. The van der Waals surface area contributed by atoms with Crippen LogP contribution in [0.25, 0.3) is 0 Å². The van der Waals surface area contributed by atoms with E-state index in [4.69, 9.17) is 4.74 Å². The van der Waals surface area contributed by atoms with Gasteiger partial charge in [0.1, 0.15) is 11.6 Å². The van der Waals surface area contributed by atoms with Crippen molar-refractivity contribution < 1.29 is 27.9 Å². The van der Waals surface area contributed by atoms with Crippen LogP contribution in [0.1, 0.15) is 54.9 Å². The van der Waals surface area contributed by atoms with Gasteiger partial charge in [-0.1, -0.05) is 0 Å². The summed E-state index contributed by atoms with van der Waals surface area (Å²) < 4.78 is 32.4. The number of pyridine rings is 1. The van der Waals surface area contributed by atoms with Crippen LogP contribution >= 0.6 is 0 Å². The van der Waals surface area contributed by atoms with E-state index in [1.165, 1.54) is 6.07 Å². The Morgan fingerprint density at radius 2 is 1.85 bits per heavy atom. The molecule has 140 valence electrons. The molecule has 1 heterocycles. The lowest BCUT2D eigenvalue weighted by molar-refractivity contribution is -0.137. The van der Waals surface area contributed by atoms with Crippen molar-refractivity contribution in [3.8, 4) is 0 Å². The molecule has 2 atom stereocenters. The normalized spacial score (nSPS) is 25.6. The summed E-state index contributed by atoms with van der Waals surface area (Å²) in [6, 6.07) is 2.29. The van der Waals surface area contributed by atoms with E-state index >= 15 is 0 Å². The fourth-order valence-electron chi connectivity index (χ4n) is 3.80. The second kappa shape index (κ2) is 6.95. The first-order valence-corrected chi connectivity index (χ1v) is 8.81. The molecule has 0 aliphatic heterocycles. The molecule has 0 amide bonds. The average Bonchev–Trinajstić information content (AvgIpc) is 3.04. The lowest BCUT2D eigenvalue weighted by Gasteiger charge is -2.25. The number of carbonyl (C=O) groups is 3. The quantitative estimate of drug-likeness (QED) is 0.572. The predicted molar refractivity (Wildman–Crippen MR) is 87.8 cm³/mol. The molecule has 2 unspecified atom stereocenters. The Bertz CT molecular complexity index is 734. The van der Waals surface area contributed by atoms with Gasteiger partial charge in [-0.3, -0.25) is 14.4 Å². The lowest BCUT2D eigenvalue weighted by Crippen LogP contribution is -2.42. The number of hydrogen-bond donors (Lipinski definition) is 0. The molecule has 3 rings (SSSR count). The minimum atomic E-state index is -3.17. The van der Waals surface area contributed by atoms with Gasteiger partial charge < -0.3 is 4.74 Å². The number of nitrogens with zero attached hydrogens (tertiary/aromatic N) is 1. The fourth-order valence-corrected chi connectivity index (χ4v) is 3.80. The first-order chi connectivity index (χ1) is 12.2. The van der Waals surface area contributed by atoms with Gasteiger partial charge in [-0.2, -0.15) is 8.78 Å². The smallest absolute Gasteiger partial charge is 0.286 e. The summed E-state index contributed by atoms with van der Waals surface area (Å²) in [6.07, 6.45) is 1.78. The number of halogens is 2. The highest BCUT2D eigenvalue weighted by Crippen LogP contribution is 2.41. The molecule has 1 aromatic heterocycles. The third-order valence-electron chi connectivity index (χ3n) is 5.20. The van der Waals surface area contributed by atoms with Crippen molar-refractivity contribution in [2.45, 2.75) is 45.6 Å². The van der Waals surface area contributed by atoms with Gasteiger partial charge in [-0.05, 0) is 38.3 Å². The van der Waals surface area contributed by atoms with Gasteiger partial charge in [0.15, 0.2) is 17.3 Å². The second-order valence-corrected chi connectivity index (χ2v) is 7.03. The molecule has 2 fully saturated rings. The number of fused-ring (bicyclic) bond motifs is 2. The molecule has 2 aliphatic rings. The highest BCUT2D eigenvalue weighted by atomic mass is 19.3. The fraction of sp³-hybridized carbons (Fsp3) is 0.579. The van der Waals surface area contributed by atoms with E-state index in [-0.39, 0.29) is 41.3 Å². The summed E-state index contributed by atoms with van der Waals surface area (Å²) >= 11 is 0. The van der Waals surface area contributed by atoms with E-state index in [2.05, 4.69) is 4.98 Å². The topological polar surface area (TPSA) is 73.3 Å². The Balaban J connectivity index is 1.97. The summed E-state index contributed by atoms with van der Waals surface area (Å²) in [6.45, 7) is 2.62. The van der Waals surface area contributed by atoms with Crippen LogP contribution in [-0.4, -0.2) is 28.9 Å². The van der Waals surface area contributed by atoms with Crippen molar-refractivity contribution >= 4 is 17.3 Å². The van der Waals surface area contributed by atoms with Crippen molar-refractivity contribution in [2.75, 3.05) is 6.61 Å². The SMILES string of the molecule is CCOCc1nc(C(C)(F)F)ccc1C(=O)C1C(=O)C2CCC(C2)C1=O. The largest absolute Gasteiger partial charge is 0.375 e. The van der Waals surface area contributed by atoms with Crippen molar-refractivity contribution in [3.63, 3.8) is 0 Å². The highest BCUT2D eigenvalue weighted by Gasteiger charge is 2.50. The summed E-state index contributed by atoms with van der Waals surface area (Å²) in [5.41, 5.74) is -0.432. The predicted octanol–water partition coefficient (Wildman–Crippen LogP) is 3.10. The molecule has 0 spiro atoms. The van der Waals surface area contributed by atoms with E-state index in [1.807, 2.05) is 0 Å². The van der Waals surface area contributed by atoms with Crippen LogP contribution in [-0.2, 0) is 26.9 Å². The molecular formula is C19H21F2NO4. The first-order valence-electron chi connectivity index (χ1n) is 8.81. The summed E-state index contributed by atoms with van der Waals surface area (Å²) in [5, 5.41) is 0. The van der Waals surface area contributed by atoms with Crippen LogP contribution in [0.4, 0.5) is 8.78 Å². The third kappa shape index (κ3) is 3.32. The molecule has 26 heavy (non-hydrogen) atoms.